The first-order valence-corrected chi connectivity index (χ1v) is 10.1. The summed E-state index contributed by atoms with van der Waals surface area (Å²) in [5.41, 5.74) is 0.386. The molecular weight excluding hydrogens is 366 g/mol. The minimum absolute atomic E-state index is 0.0748. The van der Waals surface area contributed by atoms with Gasteiger partial charge in [0.25, 0.3) is 15.9 Å². The second-order valence-electron chi connectivity index (χ2n) is 6.62. The number of ether oxygens (including phenoxy) is 1. The molecule has 7 nitrogen and oxygen atoms in total. The van der Waals surface area contributed by atoms with Gasteiger partial charge in [-0.2, -0.15) is 0 Å². The van der Waals surface area contributed by atoms with Crippen LogP contribution in [0, 0.1) is 5.92 Å². The number of carbonyl (C=O) groups excluding carboxylic acids is 1. The summed E-state index contributed by atoms with van der Waals surface area (Å²) >= 11 is 0. The molecule has 0 fully saturated rings. The van der Waals surface area contributed by atoms with E-state index in [0.29, 0.717) is 18.2 Å². The number of rotatable bonds is 8. The van der Waals surface area contributed by atoms with E-state index in [-0.39, 0.29) is 22.1 Å². The molecule has 0 aliphatic heterocycles. The molecule has 0 aliphatic rings. The lowest BCUT2D eigenvalue weighted by Crippen LogP contribution is -2.30. The molecule has 0 spiro atoms. The van der Waals surface area contributed by atoms with Gasteiger partial charge >= 0.3 is 0 Å². The maximum atomic E-state index is 12.9. The first kappa shape index (κ1) is 20.7. The highest BCUT2D eigenvalue weighted by Gasteiger charge is 2.24. The number of nitrogens with one attached hydrogen (secondary N) is 1. The molecule has 0 saturated carbocycles. The van der Waals surface area contributed by atoms with Gasteiger partial charge in [-0.25, -0.2) is 8.42 Å². The smallest absolute Gasteiger partial charge is 0.262 e. The molecule has 0 aliphatic carbocycles. The van der Waals surface area contributed by atoms with Crippen molar-refractivity contribution in [2.24, 2.45) is 5.92 Å². The fourth-order valence-corrected chi connectivity index (χ4v) is 3.67. The van der Waals surface area contributed by atoms with E-state index >= 15 is 0 Å². The summed E-state index contributed by atoms with van der Waals surface area (Å²) in [6.45, 7) is 4.70. The van der Waals surface area contributed by atoms with E-state index in [0.717, 1.165) is 6.42 Å². The van der Waals surface area contributed by atoms with Crippen molar-refractivity contribution in [2.45, 2.75) is 25.2 Å². The Balaban J connectivity index is 2.31. The van der Waals surface area contributed by atoms with Gasteiger partial charge in [-0.05, 0) is 24.5 Å². The van der Waals surface area contributed by atoms with Gasteiger partial charge < -0.3 is 9.64 Å². The van der Waals surface area contributed by atoms with E-state index in [4.69, 9.17) is 4.74 Å². The molecule has 0 radical (unpaired) electrons. The van der Waals surface area contributed by atoms with E-state index in [1.807, 2.05) is 0 Å². The molecule has 1 aromatic heterocycles. The molecule has 0 saturated heterocycles. The van der Waals surface area contributed by atoms with E-state index in [1.54, 1.807) is 24.1 Å². The van der Waals surface area contributed by atoms with Crippen molar-refractivity contribution in [3.63, 3.8) is 0 Å². The minimum Gasteiger partial charge on any atom is -0.495 e. The average Bonchev–Trinajstić information content (AvgIpc) is 2.65. The van der Waals surface area contributed by atoms with Gasteiger partial charge in [-0.15, -0.1) is 0 Å². The van der Waals surface area contributed by atoms with Crippen LogP contribution in [0.25, 0.3) is 0 Å². The molecule has 0 bridgehead atoms. The Morgan fingerprint density at radius 3 is 2.63 bits per heavy atom. The second kappa shape index (κ2) is 8.85. The first-order valence-electron chi connectivity index (χ1n) is 8.61. The summed E-state index contributed by atoms with van der Waals surface area (Å²) < 4.78 is 33.2. The zero-order valence-corrected chi connectivity index (χ0v) is 16.8. The number of sulfonamides is 1. The van der Waals surface area contributed by atoms with Gasteiger partial charge in [0, 0.05) is 19.7 Å². The molecule has 27 heavy (non-hydrogen) atoms. The van der Waals surface area contributed by atoms with Gasteiger partial charge in [0.15, 0.2) is 0 Å². The number of hydrogen-bond donors (Lipinski definition) is 1. The number of hydrogen-bond acceptors (Lipinski definition) is 5. The molecule has 2 aromatic rings. The Hall–Kier alpha value is -2.61. The van der Waals surface area contributed by atoms with E-state index in [1.165, 1.54) is 37.7 Å². The third kappa shape index (κ3) is 5.43. The molecule has 8 heteroatoms. The van der Waals surface area contributed by atoms with Crippen LogP contribution in [0.3, 0.4) is 0 Å². The Bertz CT molecular complexity index is 897. The van der Waals surface area contributed by atoms with Crippen LogP contribution < -0.4 is 9.46 Å². The average molecular weight is 391 g/mol. The minimum atomic E-state index is -3.97. The molecule has 146 valence electrons. The molecule has 2 rings (SSSR count). The Labute approximate surface area is 160 Å². The van der Waals surface area contributed by atoms with Gasteiger partial charge in [0.2, 0.25) is 0 Å². The first-order chi connectivity index (χ1) is 12.7. The molecular formula is C19H25N3O4S. The third-order valence-electron chi connectivity index (χ3n) is 4.00. The summed E-state index contributed by atoms with van der Waals surface area (Å²) in [6, 6.07) is 7.69. The molecule has 1 heterocycles. The maximum Gasteiger partial charge on any atom is 0.262 e. The van der Waals surface area contributed by atoms with Gasteiger partial charge in [0.1, 0.15) is 10.6 Å². The SMILES string of the molecule is COc1cncc(NS(=O)(=O)c2ccccc2C(=O)N(C)CCC(C)C)c1. The topological polar surface area (TPSA) is 88.6 Å². The summed E-state index contributed by atoms with van der Waals surface area (Å²) in [5.74, 6) is 0.537. The number of nitrogens with zero attached hydrogens (tertiary/aromatic N) is 2. The Morgan fingerprint density at radius 2 is 1.96 bits per heavy atom. The Morgan fingerprint density at radius 1 is 1.26 bits per heavy atom. The molecule has 0 atom stereocenters. The summed E-state index contributed by atoms with van der Waals surface area (Å²) in [7, 11) is -0.829. The van der Waals surface area contributed by atoms with Gasteiger partial charge in [0.05, 0.1) is 30.8 Å². The van der Waals surface area contributed by atoms with Crippen LogP contribution in [0.4, 0.5) is 5.69 Å². The van der Waals surface area contributed by atoms with Crippen molar-refractivity contribution in [3.05, 3.63) is 48.3 Å². The molecule has 0 unspecified atom stereocenters. The lowest BCUT2D eigenvalue weighted by molar-refractivity contribution is 0.0785. The number of benzene rings is 1. The standard InChI is InChI=1S/C19H25N3O4S/c1-14(2)9-10-22(3)19(23)17-7-5-6-8-18(17)27(24,25)21-15-11-16(26-4)13-20-12-15/h5-8,11-14,21H,9-10H2,1-4H3. The van der Waals surface area contributed by atoms with Crippen LogP contribution in [0.2, 0.25) is 0 Å². The predicted octanol–water partition coefficient (Wildman–Crippen LogP) is 3.01. The number of amides is 1. The van der Waals surface area contributed by atoms with Crippen molar-refractivity contribution in [2.75, 3.05) is 25.4 Å². The van der Waals surface area contributed by atoms with Crippen molar-refractivity contribution < 1.29 is 17.9 Å². The number of pyridine rings is 1. The Kier molecular flexibility index (Phi) is 6.79. The quantitative estimate of drug-likeness (QED) is 0.747. The van der Waals surface area contributed by atoms with Crippen molar-refractivity contribution in [1.29, 1.82) is 0 Å². The lowest BCUT2D eigenvalue weighted by atomic mass is 10.1. The molecule has 1 N–H and O–H groups in total. The van der Waals surface area contributed by atoms with Crippen LogP contribution >= 0.6 is 0 Å². The maximum absolute atomic E-state index is 12.9. The normalized spacial score (nSPS) is 11.3. The number of carbonyl (C=O) groups is 1. The monoisotopic (exact) mass is 391 g/mol. The third-order valence-corrected chi connectivity index (χ3v) is 5.44. The van der Waals surface area contributed by atoms with Crippen molar-refractivity contribution in [1.82, 2.24) is 9.88 Å². The van der Waals surface area contributed by atoms with Crippen LogP contribution in [-0.4, -0.2) is 44.9 Å². The molecule has 1 amide bonds. The highest BCUT2D eigenvalue weighted by atomic mass is 32.2. The van der Waals surface area contributed by atoms with Crippen LogP contribution in [0.15, 0.2) is 47.6 Å². The highest BCUT2D eigenvalue weighted by molar-refractivity contribution is 7.92. The van der Waals surface area contributed by atoms with Gasteiger partial charge in [-0.1, -0.05) is 26.0 Å². The summed E-state index contributed by atoms with van der Waals surface area (Å²) in [4.78, 5) is 18.2. The number of anilines is 1. The summed E-state index contributed by atoms with van der Waals surface area (Å²) in [5, 5.41) is 0. The lowest BCUT2D eigenvalue weighted by Gasteiger charge is -2.20. The van der Waals surface area contributed by atoms with Crippen LogP contribution in [0.5, 0.6) is 5.75 Å². The second-order valence-corrected chi connectivity index (χ2v) is 8.28. The number of methoxy groups -OCH3 is 1. The largest absolute Gasteiger partial charge is 0.495 e. The fraction of sp³-hybridized carbons (Fsp3) is 0.368. The number of aromatic nitrogens is 1. The highest BCUT2D eigenvalue weighted by Crippen LogP contribution is 2.22. The van der Waals surface area contributed by atoms with Gasteiger partial charge in [-0.3, -0.25) is 14.5 Å². The molecule has 1 aromatic carbocycles. The van der Waals surface area contributed by atoms with E-state index in [2.05, 4.69) is 23.6 Å². The fourth-order valence-electron chi connectivity index (χ4n) is 2.43. The summed E-state index contributed by atoms with van der Waals surface area (Å²) in [6.07, 6.45) is 3.68. The van der Waals surface area contributed by atoms with Crippen molar-refractivity contribution in [3.8, 4) is 5.75 Å². The van der Waals surface area contributed by atoms with E-state index in [9.17, 15) is 13.2 Å². The zero-order chi connectivity index (χ0) is 20.0. The van der Waals surface area contributed by atoms with Crippen LogP contribution in [-0.2, 0) is 10.0 Å². The van der Waals surface area contributed by atoms with Crippen LogP contribution in [0.1, 0.15) is 30.6 Å². The van der Waals surface area contributed by atoms with E-state index < -0.39 is 10.0 Å². The van der Waals surface area contributed by atoms with Crippen molar-refractivity contribution >= 4 is 21.6 Å². The zero-order valence-electron chi connectivity index (χ0n) is 16.0. The predicted molar refractivity (Wildman–Crippen MR) is 104 cm³/mol.